The highest BCUT2D eigenvalue weighted by Crippen LogP contribution is 2.27. The fraction of sp³-hybridized carbons (Fsp3) is 0.500. The lowest BCUT2D eigenvalue weighted by atomic mass is 10.1. The first-order chi connectivity index (χ1) is 12.3. The van der Waals surface area contributed by atoms with Crippen LogP contribution in [0, 0.1) is 13.8 Å². The summed E-state index contributed by atoms with van der Waals surface area (Å²) >= 11 is 0. The van der Waals surface area contributed by atoms with E-state index in [9.17, 15) is 14.4 Å². The average Bonchev–Trinajstić information content (AvgIpc) is 3.08. The highest BCUT2D eigenvalue weighted by molar-refractivity contribution is 6.01. The molecule has 1 N–H and O–H groups in total. The second-order valence-electron chi connectivity index (χ2n) is 5.70. The monoisotopic (exact) mass is 366 g/mol. The van der Waals surface area contributed by atoms with E-state index in [0.717, 1.165) is 16.8 Å². The molecule has 1 fully saturated rings. The number of alkyl carbamates (subject to hydrolysis) is 1. The van der Waals surface area contributed by atoms with Gasteiger partial charge in [-0.15, -0.1) is 0 Å². The van der Waals surface area contributed by atoms with Crippen LogP contribution in [0.1, 0.15) is 18.1 Å². The summed E-state index contributed by atoms with van der Waals surface area (Å²) in [7, 11) is 2.76. The number of amides is 2. The molecular weight excluding hydrogens is 340 g/mol. The second-order valence-corrected chi connectivity index (χ2v) is 5.70. The first-order valence-electron chi connectivity index (χ1n) is 8.19. The van der Waals surface area contributed by atoms with Crippen molar-refractivity contribution in [2.45, 2.75) is 26.8 Å². The number of carbonyl (C=O) groups excluding carboxylic acids is 3. The Labute approximate surface area is 153 Å². The van der Waals surface area contributed by atoms with Crippen molar-refractivity contribution in [2.24, 2.45) is 0 Å². The molecule has 0 radical (unpaired) electrons. The van der Waals surface area contributed by atoms with Crippen LogP contribution in [0.2, 0.25) is 0 Å². The summed E-state index contributed by atoms with van der Waals surface area (Å²) in [6.45, 7) is 6.55. The van der Waals surface area contributed by atoms with E-state index in [1.165, 1.54) is 19.1 Å². The van der Waals surface area contributed by atoms with Gasteiger partial charge in [0.05, 0.1) is 19.3 Å². The topological polar surface area (TPSA) is 94.2 Å². The summed E-state index contributed by atoms with van der Waals surface area (Å²) in [6, 6.07) is 5.01. The van der Waals surface area contributed by atoms with Crippen molar-refractivity contribution in [3.05, 3.63) is 29.3 Å². The van der Waals surface area contributed by atoms with Gasteiger partial charge in [-0.2, -0.15) is 0 Å². The molecule has 1 aromatic rings. The average molecular weight is 366 g/mol. The number of carbonyl (C=O) groups is 3. The molecule has 2 amide bonds. The number of hydrogen-bond acceptors (Lipinski definition) is 6. The lowest BCUT2D eigenvalue weighted by molar-refractivity contribution is -0.143. The van der Waals surface area contributed by atoms with Crippen molar-refractivity contribution in [3.8, 4) is 0 Å². The normalized spacial score (nSPS) is 13.7. The summed E-state index contributed by atoms with van der Waals surface area (Å²) in [4.78, 5) is 35.5. The fourth-order valence-corrected chi connectivity index (χ4v) is 2.54. The predicted octanol–water partition coefficient (Wildman–Crippen LogP) is 1.57. The zero-order chi connectivity index (χ0) is 19.7. The standard InChI is InChI=1S/C15H21NO4.C3H5NO2/c1-10-7-6-8-11(2)14(10)16(13(17)9-19-4)12(3)15(18)20-5;5-3-4-1-2-6-3/h6-8,12H,9H2,1-5H3;1-2H2,(H,4,5)/t12-;/m1./s1. The van der Waals surface area contributed by atoms with E-state index in [1.807, 2.05) is 32.0 Å². The van der Waals surface area contributed by atoms with E-state index in [2.05, 4.69) is 10.1 Å². The van der Waals surface area contributed by atoms with Gasteiger partial charge in [-0.3, -0.25) is 9.69 Å². The number of ether oxygens (including phenoxy) is 3. The molecule has 8 heteroatoms. The molecule has 1 aromatic carbocycles. The molecule has 0 saturated carbocycles. The Balaban J connectivity index is 0.000000472. The van der Waals surface area contributed by atoms with Crippen LogP contribution >= 0.6 is 0 Å². The van der Waals surface area contributed by atoms with E-state index in [4.69, 9.17) is 9.47 Å². The molecule has 2 rings (SSSR count). The molecule has 26 heavy (non-hydrogen) atoms. The minimum Gasteiger partial charge on any atom is -0.467 e. The maximum Gasteiger partial charge on any atom is 0.407 e. The van der Waals surface area contributed by atoms with Crippen LogP contribution in [0.5, 0.6) is 0 Å². The molecule has 144 valence electrons. The highest BCUT2D eigenvalue weighted by atomic mass is 16.6. The van der Waals surface area contributed by atoms with E-state index in [1.54, 1.807) is 6.92 Å². The molecule has 0 aliphatic carbocycles. The molecule has 0 aromatic heterocycles. The minimum absolute atomic E-state index is 0.0882. The quantitative estimate of drug-likeness (QED) is 0.795. The molecule has 1 aliphatic heterocycles. The van der Waals surface area contributed by atoms with Gasteiger partial charge < -0.3 is 19.5 Å². The first-order valence-corrected chi connectivity index (χ1v) is 8.19. The number of para-hydroxylation sites is 1. The van der Waals surface area contributed by atoms with Crippen molar-refractivity contribution < 1.29 is 28.6 Å². The summed E-state index contributed by atoms with van der Waals surface area (Å²) in [5.74, 6) is -0.736. The van der Waals surface area contributed by atoms with Crippen LogP contribution in [0.15, 0.2) is 18.2 Å². The molecule has 0 spiro atoms. The largest absolute Gasteiger partial charge is 0.467 e. The van der Waals surface area contributed by atoms with Crippen LogP contribution in [0.25, 0.3) is 0 Å². The van der Waals surface area contributed by atoms with Crippen molar-refractivity contribution in [1.29, 1.82) is 0 Å². The molecular formula is C18H26N2O6. The summed E-state index contributed by atoms with van der Waals surface area (Å²) in [6.07, 6.45) is -0.296. The number of nitrogens with zero attached hydrogens (tertiary/aromatic N) is 1. The summed E-state index contributed by atoms with van der Waals surface area (Å²) in [5, 5.41) is 2.46. The van der Waals surface area contributed by atoms with Crippen molar-refractivity contribution in [1.82, 2.24) is 5.32 Å². The molecule has 1 atom stereocenters. The summed E-state index contributed by atoms with van der Waals surface area (Å²) in [5.41, 5.74) is 2.57. The SMILES string of the molecule is COCC(=O)N(c1c(C)cccc1C)[C@H](C)C(=O)OC.O=C1NCCO1. The third-order valence-corrected chi connectivity index (χ3v) is 3.75. The van der Waals surface area contributed by atoms with E-state index in [0.29, 0.717) is 13.2 Å². The van der Waals surface area contributed by atoms with Crippen molar-refractivity contribution in [2.75, 3.05) is 38.9 Å². The maximum atomic E-state index is 12.3. The number of hydrogen-bond donors (Lipinski definition) is 1. The van der Waals surface area contributed by atoms with Crippen LogP contribution in [-0.4, -0.2) is 58.0 Å². The number of esters is 1. The van der Waals surface area contributed by atoms with Gasteiger partial charge in [0, 0.05) is 7.11 Å². The maximum absolute atomic E-state index is 12.3. The molecule has 8 nitrogen and oxygen atoms in total. The lowest BCUT2D eigenvalue weighted by Gasteiger charge is -2.30. The second kappa shape index (κ2) is 10.4. The molecule has 1 aliphatic rings. The molecule has 0 bridgehead atoms. The van der Waals surface area contributed by atoms with Gasteiger partial charge in [-0.05, 0) is 31.9 Å². The van der Waals surface area contributed by atoms with Gasteiger partial charge in [-0.1, -0.05) is 18.2 Å². The Bertz CT molecular complexity index is 618. The van der Waals surface area contributed by atoms with Gasteiger partial charge in [0.2, 0.25) is 0 Å². The van der Waals surface area contributed by atoms with Crippen LogP contribution in [0.4, 0.5) is 10.5 Å². The number of rotatable bonds is 5. The van der Waals surface area contributed by atoms with E-state index >= 15 is 0 Å². The molecule has 1 heterocycles. The van der Waals surface area contributed by atoms with E-state index in [-0.39, 0.29) is 18.6 Å². The Morgan fingerprint density at radius 1 is 1.27 bits per heavy atom. The van der Waals surface area contributed by atoms with Gasteiger partial charge in [0.1, 0.15) is 19.3 Å². The zero-order valence-corrected chi connectivity index (χ0v) is 15.8. The first kappa shape index (κ1) is 21.4. The zero-order valence-electron chi connectivity index (χ0n) is 15.8. The number of cyclic esters (lactones) is 1. The lowest BCUT2D eigenvalue weighted by Crippen LogP contribution is -2.46. The third kappa shape index (κ3) is 5.73. The van der Waals surface area contributed by atoms with E-state index < -0.39 is 12.0 Å². The Morgan fingerprint density at radius 2 is 1.88 bits per heavy atom. The fourth-order valence-electron chi connectivity index (χ4n) is 2.54. The van der Waals surface area contributed by atoms with Crippen LogP contribution < -0.4 is 10.2 Å². The Morgan fingerprint density at radius 3 is 2.27 bits per heavy atom. The Hall–Kier alpha value is -2.61. The number of benzene rings is 1. The Kier molecular flexibility index (Phi) is 8.57. The number of aryl methyl sites for hydroxylation is 2. The van der Waals surface area contributed by atoms with Gasteiger partial charge in [-0.25, -0.2) is 9.59 Å². The number of anilines is 1. The molecule has 0 unspecified atom stereocenters. The van der Waals surface area contributed by atoms with Gasteiger partial charge in [0.25, 0.3) is 5.91 Å². The third-order valence-electron chi connectivity index (χ3n) is 3.75. The van der Waals surface area contributed by atoms with Crippen molar-refractivity contribution >= 4 is 23.7 Å². The minimum atomic E-state index is -0.706. The van der Waals surface area contributed by atoms with Gasteiger partial charge in [0.15, 0.2) is 0 Å². The van der Waals surface area contributed by atoms with Crippen LogP contribution in [0.3, 0.4) is 0 Å². The van der Waals surface area contributed by atoms with Crippen LogP contribution in [-0.2, 0) is 23.8 Å². The summed E-state index contributed by atoms with van der Waals surface area (Å²) < 4.78 is 14.1. The molecule has 1 saturated heterocycles. The number of methoxy groups -OCH3 is 2. The predicted molar refractivity (Wildman–Crippen MR) is 96.1 cm³/mol. The highest BCUT2D eigenvalue weighted by Gasteiger charge is 2.29. The van der Waals surface area contributed by atoms with Crippen molar-refractivity contribution in [3.63, 3.8) is 0 Å². The smallest absolute Gasteiger partial charge is 0.407 e. The van der Waals surface area contributed by atoms with Gasteiger partial charge >= 0.3 is 12.1 Å². The number of nitrogens with one attached hydrogen (secondary N) is 1.